The first-order chi connectivity index (χ1) is 11.2. The number of amides is 1. The third-order valence-electron chi connectivity index (χ3n) is 5.24. The molecule has 0 bridgehead atoms. The standard InChI is InChI=1S/C17H28N4O2/c1-3-20-11-5-7-14(20)15-8-6-12-21(15)17(22)10-4-9-16-18-13(2)19-23-16/h14-15H,3-12H2,1-2H3/t14-,15+/m1/s1. The number of hydrogen-bond donors (Lipinski definition) is 0. The Balaban J connectivity index is 1.51. The zero-order valence-electron chi connectivity index (χ0n) is 14.3. The van der Waals surface area contributed by atoms with Gasteiger partial charge in [0.15, 0.2) is 5.82 Å². The van der Waals surface area contributed by atoms with Crippen molar-refractivity contribution in [3.8, 4) is 0 Å². The van der Waals surface area contributed by atoms with Crippen LogP contribution in [-0.2, 0) is 11.2 Å². The van der Waals surface area contributed by atoms with Gasteiger partial charge in [-0.05, 0) is 52.1 Å². The fourth-order valence-electron chi connectivity index (χ4n) is 4.16. The molecule has 2 fully saturated rings. The van der Waals surface area contributed by atoms with E-state index < -0.39 is 0 Å². The maximum atomic E-state index is 12.6. The van der Waals surface area contributed by atoms with Crippen molar-refractivity contribution in [1.29, 1.82) is 0 Å². The first-order valence-corrected chi connectivity index (χ1v) is 9.01. The summed E-state index contributed by atoms with van der Waals surface area (Å²) in [5.74, 6) is 1.60. The molecule has 0 saturated carbocycles. The highest BCUT2D eigenvalue weighted by Crippen LogP contribution is 2.30. The SMILES string of the molecule is CCN1CCC[C@@H]1[C@@H]1CCCN1C(=O)CCCc1nc(C)no1. The minimum Gasteiger partial charge on any atom is -0.339 e. The van der Waals surface area contributed by atoms with Gasteiger partial charge in [0.2, 0.25) is 11.8 Å². The highest BCUT2D eigenvalue weighted by molar-refractivity contribution is 5.76. The summed E-state index contributed by atoms with van der Waals surface area (Å²) in [6.07, 6.45) is 6.87. The van der Waals surface area contributed by atoms with Gasteiger partial charge in [0, 0.05) is 31.5 Å². The van der Waals surface area contributed by atoms with E-state index in [2.05, 4.69) is 26.9 Å². The van der Waals surface area contributed by atoms with Gasteiger partial charge in [-0.3, -0.25) is 9.69 Å². The predicted octanol–water partition coefficient (Wildman–Crippen LogP) is 2.18. The van der Waals surface area contributed by atoms with Crippen LogP contribution in [0.5, 0.6) is 0 Å². The number of carbonyl (C=O) groups is 1. The molecule has 1 aromatic heterocycles. The van der Waals surface area contributed by atoms with Gasteiger partial charge >= 0.3 is 0 Å². The van der Waals surface area contributed by atoms with Crippen molar-refractivity contribution in [3.63, 3.8) is 0 Å². The lowest BCUT2D eigenvalue weighted by molar-refractivity contribution is -0.133. The van der Waals surface area contributed by atoms with Crippen LogP contribution in [0, 0.1) is 6.92 Å². The molecule has 0 unspecified atom stereocenters. The maximum absolute atomic E-state index is 12.6. The molecule has 128 valence electrons. The Morgan fingerprint density at radius 1 is 1.26 bits per heavy atom. The molecule has 1 aromatic rings. The maximum Gasteiger partial charge on any atom is 0.226 e. The topological polar surface area (TPSA) is 62.5 Å². The van der Waals surface area contributed by atoms with Gasteiger partial charge in [-0.1, -0.05) is 12.1 Å². The van der Waals surface area contributed by atoms with Crippen molar-refractivity contribution in [2.24, 2.45) is 0 Å². The number of likely N-dealkylation sites (N-methyl/N-ethyl adjacent to an activating group) is 1. The minimum absolute atomic E-state index is 0.298. The highest BCUT2D eigenvalue weighted by Gasteiger charge is 2.38. The molecule has 0 aliphatic carbocycles. The van der Waals surface area contributed by atoms with Gasteiger partial charge in [0.1, 0.15) is 0 Å². The molecule has 2 atom stereocenters. The van der Waals surface area contributed by atoms with E-state index in [4.69, 9.17) is 4.52 Å². The third kappa shape index (κ3) is 3.74. The number of carbonyl (C=O) groups excluding carboxylic acids is 1. The van der Waals surface area contributed by atoms with Crippen LogP contribution < -0.4 is 0 Å². The molecular weight excluding hydrogens is 292 g/mol. The summed E-state index contributed by atoms with van der Waals surface area (Å²) in [4.78, 5) is 21.5. The summed E-state index contributed by atoms with van der Waals surface area (Å²) in [5, 5.41) is 3.79. The summed E-state index contributed by atoms with van der Waals surface area (Å²) in [6.45, 7) is 7.26. The Morgan fingerprint density at radius 3 is 2.78 bits per heavy atom. The molecule has 2 saturated heterocycles. The first-order valence-electron chi connectivity index (χ1n) is 9.01. The van der Waals surface area contributed by atoms with Crippen LogP contribution in [0.4, 0.5) is 0 Å². The summed E-state index contributed by atoms with van der Waals surface area (Å²) >= 11 is 0. The van der Waals surface area contributed by atoms with Crippen LogP contribution in [0.3, 0.4) is 0 Å². The average Bonchev–Trinajstić information content (AvgIpc) is 3.26. The van der Waals surface area contributed by atoms with Crippen molar-refractivity contribution in [2.45, 2.75) is 70.9 Å². The van der Waals surface area contributed by atoms with Crippen LogP contribution >= 0.6 is 0 Å². The third-order valence-corrected chi connectivity index (χ3v) is 5.24. The minimum atomic E-state index is 0.298. The van der Waals surface area contributed by atoms with Crippen LogP contribution in [0.2, 0.25) is 0 Å². The largest absolute Gasteiger partial charge is 0.339 e. The molecule has 0 aromatic carbocycles. The summed E-state index contributed by atoms with van der Waals surface area (Å²) in [6, 6.07) is 1.00. The van der Waals surface area contributed by atoms with E-state index in [1.165, 1.54) is 19.4 Å². The lowest BCUT2D eigenvalue weighted by Crippen LogP contribution is -2.48. The summed E-state index contributed by atoms with van der Waals surface area (Å²) in [5.41, 5.74) is 0. The molecule has 2 aliphatic rings. The lowest BCUT2D eigenvalue weighted by Gasteiger charge is -2.34. The van der Waals surface area contributed by atoms with Gasteiger partial charge in [-0.15, -0.1) is 0 Å². The second-order valence-corrected chi connectivity index (χ2v) is 6.72. The molecule has 3 rings (SSSR count). The van der Waals surface area contributed by atoms with Gasteiger partial charge in [0.25, 0.3) is 0 Å². The number of likely N-dealkylation sites (tertiary alicyclic amines) is 2. The van der Waals surface area contributed by atoms with E-state index in [0.29, 0.717) is 42.5 Å². The van der Waals surface area contributed by atoms with Crippen molar-refractivity contribution in [1.82, 2.24) is 19.9 Å². The molecule has 0 N–H and O–H groups in total. The molecule has 2 aliphatic heterocycles. The normalized spacial score (nSPS) is 25.4. The molecular formula is C17H28N4O2. The van der Waals surface area contributed by atoms with Crippen LogP contribution in [0.25, 0.3) is 0 Å². The number of aryl methyl sites for hydroxylation is 2. The second kappa shape index (κ2) is 7.43. The number of hydrogen-bond acceptors (Lipinski definition) is 5. The molecule has 0 radical (unpaired) electrons. The van der Waals surface area contributed by atoms with Crippen LogP contribution in [0.15, 0.2) is 4.52 Å². The van der Waals surface area contributed by atoms with E-state index >= 15 is 0 Å². The van der Waals surface area contributed by atoms with Gasteiger partial charge in [-0.25, -0.2) is 0 Å². The number of nitrogens with zero attached hydrogens (tertiary/aromatic N) is 4. The lowest BCUT2D eigenvalue weighted by atomic mass is 10.0. The van der Waals surface area contributed by atoms with Crippen molar-refractivity contribution in [3.05, 3.63) is 11.7 Å². The Kier molecular flexibility index (Phi) is 5.30. The predicted molar refractivity (Wildman–Crippen MR) is 87.0 cm³/mol. The van der Waals surface area contributed by atoms with E-state index in [9.17, 15) is 4.79 Å². The molecule has 0 spiro atoms. The second-order valence-electron chi connectivity index (χ2n) is 6.72. The van der Waals surface area contributed by atoms with Crippen LogP contribution in [0.1, 0.15) is 57.2 Å². The zero-order chi connectivity index (χ0) is 16.2. The average molecular weight is 320 g/mol. The Bertz CT molecular complexity index is 530. The molecule has 23 heavy (non-hydrogen) atoms. The molecule has 3 heterocycles. The quantitative estimate of drug-likeness (QED) is 0.804. The Hall–Kier alpha value is -1.43. The summed E-state index contributed by atoms with van der Waals surface area (Å²) in [7, 11) is 0. The Morgan fingerprint density at radius 2 is 2.04 bits per heavy atom. The fourth-order valence-corrected chi connectivity index (χ4v) is 4.16. The fraction of sp³-hybridized carbons (Fsp3) is 0.824. The number of aromatic nitrogens is 2. The Labute approximate surface area is 138 Å². The van der Waals surface area contributed by atoms with Gasteiger partial charge in [-0.2, -0.15) is 4.98 Å². The van der Waals surface area contributed by atoms with E-state index in [0.717, 1.165) is 32.4 Å². The van der Waals surface area contributed by atoms with Gasteiger partial charge in [0.05, 0.1) is 0 Å². The van der Waals surface area contributed by atoms with Crippen molar-refractivity contribution < 1.29 is 9.32 Å². The van der Waals surface area contributed by atoms with E-state index in [1.54, 1.807) is 0 Å². The monoisotopic (exact) mass is 320 g/mol. The van der Waals surface area contributed by atoms with Crippen molar-refractivity contribution >= 4 is 5.91 Å². The smallest absolute Gasteiger partial charge is 0.226 e. The van der Waals surface area contributed by atoms with Crippen molar-refractivity contribution in [2.75, 3.05) is 19.6 Å². The number of rotatable bonds is 6. The first kappa shape index (κ1) is 16.4. The van der Waals surface area contributed by atoms with E-state index in [1.807, 2.05) is 6.92 Å². The molecule has 1 amide bonds. The van der Waals surface area contributed by atoms with Crippen LogP contribution in [-0.4, -0.2) is 57.6 Å². The molecule has 6 heteroatoms. The molecule has 6 nitrogen and oxygen atoms in total. The van der Waals surface area contributed by atoms with E-state index in [-0.39, 0.29) is 0 Å². The zero-order valence-corrected chi connectivity index (χ0v) is 14.3. The summed E-state index contributed by atoms with van der Waals surface area (Å²) < 4.78 is 5.11. The van der Waals surface area contributed by atoms with Gasteiger partial charge < -0.3 is 9.42 Å². The highest BCUT2D eigenvalue weighted by atomic mass is 16.5.